The number of hydrogen-bond acceptors (Lipinski definition) is 6. The fourth-order valence-electron chi connectivity index (χ4n) is 3.95. The van der Waals surface area contributed by atoms with Gasteiger partial charge in [-0.1, -0.05) is 30.3 Å². The van der Waals surface area contributed by atoms with E-state index >= 15 is 0 Å². The van der Waals surface area contributed by atoms with Crippen LogP contribution in [-0.4, -0.2) is 62.3 Å². The molecule has 1 fully saturated rings. The molecule has 2 aromatic rings. The van der Waals surface area contributed by atoms with Gasteiger partial charge in [-0.25, -0.2) is 9.59 Å². The summed E-state index contributed by atoms with van der Waals surface area (Å²) in [6.07, 6.45) is 1.37. The molecule has 10 nitrogen and oxygen atoms in total. The van der Waals surface area contributed by atoms with Crippen LogP contribution in [0.3, 0.4) is 0 Å². The molecule has 10 heteroatoms. The first-order chi connectivity index (χ1) is 15.3. The van der Waals surface area contributed by atoms with Gasteiger partial charge in [-0.05, 0) is 26.3 Å². The van der Waals surface area contributed by atoms with Crippen molar-refractivity contribution in [3.05, 3.63) is 53.3 Å². The molecule has 1 aromatic heterocycles. The Hall–Kier alpha value is -3.11. The van der Waals surface area contributed by atoms with Gasteiger partial charge in [0.1, 0.15) is 24.3 Å². The van der Waals surface area contributed by atoms with Crippen molar-refractivity contribution in [1.29, 1.82) is 0 Å². The van der Waals surface area contributed by atoms with E-state index in [2.05, 4.69) is 10.4 Å². The van der Waals surface area contributed by atoms with Crippen LogP contribution in [0, 0.1) is 0 Å². The number of nitrogens with one attached hydrogen (secondary N) is 1. The van der Waals surface area contributed by atoms with E-state index in [0.29, 0.717) is 25.3 Å². The molecule has 3 heterocycles. The molecule has 32 heavy (non-hydrogen) atoms. The molecule has 3 amide bonds. The normalized spacial score (nSPS) is 19.8. The van der Waals surface area contributed by atoms with Crippen molar-refractivity contribution in [2.24, 2.45) is 0 Å². The average molecular weight is 444 g/mol. The Morgan fingerprint density at radius 1 is 1.28 bits per heavy atom. The molecule has 2 bridgehead atoms. The molecule has 0 saturated carbocycles. The van der Waals surface area contributed by atoms with Gasteiger partial charge in [-0.3, -0.25) is 9.52 Å². The van der Waals surface area contributed by atoms with E-state index in [0.717, 1.165) is 11.1 Å². The predicted octanol–water partition coefficient (Wildman–Crippen LogP) is 2.37. The van der Waals surface area contributed by atoms with E-state index in [1.807, 2.05) is 36.5 Å². The van der Waals surface area contributed by atoms with Gasteiger partial charge in [0.05, 0.1) is 25.4 Å². The van der Waals surface area contributed by atoms with Gasteiger partial charge in [0, 0.05) is 18.3 Å². The number of aromatic nitrogens is 2. The lowest BCUT2D eigenvalue weighted by Crippen LogP contribution is -2.36. The third-order valence-corrected chi connectivity index (χ3v) is 5.35. The first-order valence-corrected chi connectivity index (χ1v) is 10.7. The number of aliphatic hydroxyl groups excluding tert-OH is 1. The molecule has 0 unspecified atom stereocenters. The fourth-order valence-corrected chi connectivity index (χ4v) is 3.95. The number of alkyl carbamates (subject to hydrolysis) is 1. The number of rotatable bonds is 7. The number of benzene rings is 1. The number of carbonyl (C=O) groups is 2. The molecule has 0 aliphatic carbocycles. The van der Waals surface area contributed by atoms with Crippen LogP contribution in [0.1, 0.15) is 49.7 Å². The Kier molecular flexibility index (Phi) is 6.07. The van der Waals surface area contributed by atoms with Crippen molar-refractivity contribution in [3.63, 3.8) is 0 Å². The monoisotopic (exact) mass is 443 g/mol. The molecular formula is C22H29N5O5. The molecule has 2 N–H and O–H groups in total. The van der Waals surface area contributed by atoms with E-state index in [4.69, 9.17) is 9.57 Å². The smallest absolute Gasteiger partial charge is 0.407 e. The second kappa shape index (κ2) is 8.79. The van der Waals surface area contributed by atoms with Crippen LogP contribution >= 0.6 is 0 Å². The average Bonchev–Trinajstić information content (AvgIpc) is 3.27. The van der Waals surface area contributed by atoms with E-state index < -0.39 is 17.7 Å². The number of hydroxylamine groups is 2. The summed E-state index contributed by atoms with van der Waals surface area (Å²) in [5, 5.41) is 18.6. The van der Waals surface area contributed by atoms with Crippen LogP contribution in [-0.2, 0) is 22.7 Å². The molecule has 0 radical (unpaired) electrons. The van der Waals surface area contributed by atoms with Crippen molar-refractivity contribution >= 4 is 12.1 Å². The van der Waals surface area contributed by atoms with Crippen molar-refractivity contribution < 1.29 is 24.3 Å². The third-order valence-electron chi connectivity index (χ3n) is 5.35. The number of carbonyl (C=O) groups excluding carboxylic acids is 2. The van der Waals surface area contributed by atoms with Gasteiger partial charge < -0.3 is 20.1 Å². The minimum absolute atomic E-state index is 0.231. The summed E-state index contributed by atoms with van der Waals surface area (Å²) in [5.74, 6) is 0. The van der Waals surface area contributed by atoms with Crippen molar-refractivity contribution in [2.45, 2.75) is 51.6 Å². The number of amides is 3. The Morgan fingerprint density at radius 2 is 2.03 bits per heavy atom. The lowest BCUT2D eigenvalue weighted by atomic mass is 9.99. The first-order valence-electron chi connectivity index (χ1n) is 10.7. The number of urea groups is 1. The SMILES string of the molecule is CC(C)(C)OC(=O)NCCn1cc2c(n1)[C@@H](CO)N1C[C@H]2N(OCc2ccccc2)C1=O. The summed E-state index contributed by atoms with van der Waals surface area (Å²) in [5.41, 5.74) is 1.89. The maximum atomic E-state index is 12.9. The van der Waals surface area contributed by atoms with Gasteiger partial charge in [0.2, 0.25) is 0 Å². The van der Waals surface area contributed by atoms with Crippen LogP contribution in [0.2, 0.25) is 0 Å². The summed E-state index contributed by atoms with van der Waals surface area (Å²) >= 11 is 0. The van der Waals surface area contributed by atoms with Gasteiger partial charge in [-0.15, -0.1) is 0 Å². The van der Waals surface area contributed by atoms with Gasteiger partial charge in [-0.2, -0.15) is 10.2 Å². The maximum absolute atomic E-state index is 12.9. The minimum Gasteiger partial charge on any atom is -0.444 e. The summed E-state index contributed by atoms with van der Waals surface area (Å²) in [6.45, 7) is 6.64. The second-order valence-electron chi connectivity index (χ2n) is 8.90. The Morgan fingerprint density at radius 3 is 2.72 bits per heavy atom. The molecule has 2 aliphatic heterocycles. The molecule has 1 aromatic carbocycles. The zero-order chi connectivity index (χ0) is 22.9. The van der Waals surface area contributed by atoms with E-state index in [-0.39, 0.29) is 25.3 Å². The summed E-state index contributed by atoms with van der Waals surface area (Å²) < 4.78 is 6.96. The number of nitrogens with zero attached hydrogens (tertiary/aromatic N) is 4. The van der Waals surface area contributed by atoms with Crippen molar-refractivity contribution in [2.75, 3.05) is 19.7 Å². The highest BCUT2D eigenvalue weighted by Gasteiger charge is 2.50. The first kappa shape index (κ1) is 22.1. The molecule has 2 aliphatic rings. The highest BCUT2D eigenvalue weighted by Crippen LogP contribution is 2.43. The van der Waals surface area contributed by atoms with Crippen molar-refractivity contribution in [1.82, 2.24) is 25.1 Å². The highest BCUT2D eigenvalue weighted by atomic mass is 16.7. The van der Waals surface area contributed by atoms with E-state index in [9.17, 15) is 14.7 Å². The third kappa shape index (κ3) is 4.56. The lowest BCUT2D eigenvalue weighted by Gasteiger charge is -2.27. The molecule has 4 rings (SSSR count). The zero-order valence-corrected chi connectivity index (χ0v) is 18.5. The van der Waals surface area contributed by atoms with Crippen LogP contribution < -0.4 is 5.32 Å². The lowest BCUT2D eigenvalue weighted by molar-refractivity contribution is -0.141. The quantitative estimate of drug-likeness (QED) is 0.680. The van der Waals surface area contributed by atoms with Crippen LogP contribution in [0.5, 0.6) is 0 Å². The topological polar surface area (TPSA) is 109 Å². The minimum atomic E-state index is -0.563. The van der Waals surface area contributed by atoms with Crippen molar-refractivity contribution in [3.8, 4) is 0 Å². The maximum Gasteiger partial charge on any atom is 0.407 e. The number of aliphatic hydroxyl groups is 1. The van der Waals surface area contributed by atoms with Crippen LogP contribution in [0.15, 0.2) is 36.5 Å². The molecule has 2 atom stereocenters. The molecule has 0 spiro atoms. The summed E-state index contributed by atoms with van der Waals surface area (Å²) in [6, 6.07) is 8.52. The van der Waals surface area contributed by atoms with E-state index in [1.54, 1.807) is 30.4 Å². The fraction of sp³-hybridized carbons (Fsp3) is 0.500. The Balaban J connectivity index is 1.45. The van der Waals surface area contributed by atoms with Crippen LogP contribution in [0.4, 0.5) is 9.59 Å². The molecule has 172 valence electrons. The zero-order valence-electron chi connectivity index (χ0n) is 18.5. The molecular weight excluding hydrogens is 414 g/mol. The standard InChI is InChI=1S/C22H29N5O5/c1-22(2,3)32-20(29)23-9-10-25-11-16-17-12-26(18(13-28)19(16)24-25)21(30)27(17)31-14-15-7-5-4-6-8-15/h4-8,11,17-18,28H,9-10,12-14H2,1-3H3,(H,23,29)/t17-,18-/m1/s1. The van der Waals surface area contributed by atoms with Gasteiger partial charge in [0.25, 0.3) is 0 Å². The highest BCUT2D eigenvalue weighted by molar-refractivity contribution is 5.78. The van der Waals surface area contributed by atoms with E-state index in [1.165, 1.54) is 5.06 Å². The largest absolute Gasteiger partial charge is 0.444 e. The molecule has 1 saturated heterocycles. The summed E-state index contributed by atoms with van der Waals surface area (Å²) in [7, 11) is 0. The second-order valence-corrected chi connectivity index (χ2v) is 8.90. The summed E-state index contributed by atoms with van der Waals surface area (Å²) in [4.78, 5) is 32.2. The Bertz CT molecular complexity index is 971. The van der Waals surface area contributed by atoms with Gasteiger partial charge in [0.15, 0.2) is 0 Å². The number of ether oxygens (including phenoxy) is 1. The number of hydrogen-bond donors (Lipinski definition) is 2. The predicted molar refractivity (Wildman–Crippen MR) is 114 cm³/mol. The number of fused-ring (bicyclic) bond motifs is 4. The van der Waals surface area contributed by atoms with Gasteiger partial charge >= 0.3 is 12.1 Å². The Labute approximate surface area is 186 Å². The van der Waals surface area contributed by atoms with Crippen LogP contribution in [0.25, 0.3) is 0 Å².